The van der Waals surface area contributed by atoms with E-state index in [1.807, 2.05) is 25.1 Å². The van der Waals surface area contributed by atoms with E-state index in [4.69, 9.17) is 21.4 Å². The highest BCUT2D eigenvalue weighted by Gasteiger charge is 2.34. The largest absolute Gasteiger partial charge is 0.493 e. The molecule has 110 valence electrons. The van der Waals surface area contributed by atoms with Crippen LogP contribution in [0.4, 0.5) is 0 Å². The number of rotatable bonds is 6. The van der Waals surface area contributed by atoms with Gasteiger partial charge < -0.3 is 14.7 Å². The number of hydrogen-bond donors (Lipinski definition) is 1. The second-order valence-corrected chi connectivity index (χ2v) is 5.78. The van der Waals surface area contributed by atoms with Crippen molar-refractivity contribution in [2.45, 2.75) is 13.3 Å². The van der Waals surface area contributed by atoms with Crippen LogP contribution in [0, 0.1) is 11.8 Å². The molecule has 5 heteroatoms. The fourth-order valence-electron chi connectivity index (χ4n) is 2.61. The fraction of sp³-hybridized carbons (Fsp3) is 0.533. The van der Waals surface area contributed by atoms with Gasteiger partial charge in [0, 0.05) is 24.7 Å². The summed E-state index contributed by atoms with van der Waals surface area (Å²) < 4.78 is 5.62. The number of aliphatic carboxylic acids is 1. The summed E-state index contributed by atoms with van der Waals surface area (Å²) in [6.45, 7) is 4.99. The van der Waals surface area contributed by atoms with Crippen LogP contribution in [0.15, 0.2) is 24.3 Å². The molecule has 1 N–H and O–H groups in total. The summed E-state index contributed by atoms with van der Waals surface area (Å²) in [4.78, 5) is 13.2. The molecule has 1 aromatic rings. The Morgan fingerprint density at radius 3 is 2.95 bits per heavy atom. The Bertz CT molecular complexity index is 466. The number of hydrogen-bond acceptors (Lipinski definition) is 3. The van der Waals surface area contributed by atoms with Crippen LogP contribution in [0.1, 0.15) is 13.3 Å². The number of carbonyl (C=O) groups is 1. The van der Waals surface area contributed by atoms with Crippen molar-refractivity contribution in [3.8, 4) is 5.75 Å². The Hall–Kier alpha value is -1.26. The minimum Gasteiger partial charge on any atom is -0.493 e. The molecule has 2 rings (SSSR count). The molecular weight excluding hydrogens is 278 g/mol. The lowest BCUT2D eigenvalue weighted by molar-refractivity contribution is -0.142. The summed E-state index contributed by atoms with van der Waals surface area (Å²) in [5.74, 6) is 0.0797. The maximum atomic E-state index is 11.0. The zero-order chi connectivity index (χ0) is 14.5. The van der Waals surface area contributed by atoms with E-state index in [-0.39, 0.29) is 11.8 Å². The first-order valence-corrected chi connectivity index (χ1v) is 7.27. The Balaban J connectivity index is 1.68. The number of likely N-dealkylation sites (tertiary alicyclic amines) is 1. The van der Waals surface area contributed by atoms with Crippen LogP contribution in [-0.2, 0) is 4.79 Å². The first kappa shape index (κ1) is 15.1. The molecule has 0 bridgehead atoms. The molecule has 1 aromatic carbocycles. The predicted octanol–water partition coefficient (Wildman–Crippen LogP) is 2.76. The molecule has 0 amide bonds. The molecule has 0 radical (unpaired) electrons. The quantitative estimate of drug-likeness (QED) is 0.820. The number of halogens is 1. The highest BCUT2D eigenvalue weighted by molar-refractivity contribution is 6.30. The molecular formula is C15H20ClNO3. The molecule has 0 unspecified atom stereocenters. The highest BCUT2D eigenvalue weighted by Crippen LogP contribution is 2.23. The van der Waals surface area contributed by atoms with Crippen LogP contribution in [0.3, 0.4) is 0 Å². The van der Waals surface area contributed by atoms with E-state index in [0.29, 0.717) is 18.2 Å². The molecule has 0 saturated carbocycles. The molecule has 4 nitrogen and oxygen atoms in total. The molecule has 1 saturated heterocycles. The fourth-order valence-corrected chi connectivity index (χ4v) is 2.79. The Kier molecular flexibility index (Phi) is 5.26. The van der Waals surface area contributed by atoms with E-state index in [2.05, 4.69) is 4.90 Å². The van der Waals surface area contributed by atoms with Crippen molar-refractivity contribution in [3.05, 3.63) is 29.3 Å². The number of carboxylic acids is 1. The van der Waals surface area contributed by atoms with Gasteiger partial charge in [0.25, 0.3) is 0 Å². The van der Waals surface area contributed by atoms with E-state index < -0.39 is 5.97 Å². The van der Waals surface area contributed by atoms with E-state index >= 15 is 0 Å². The number of benzene rings is 1. The summed E-state index contributed by atoms with van der Waals surface area (Å²) in [6.07, 6.45) is 0.881. The Morgan fingerprint density at radius 1 is 1.50 bits per heavy atom. The van der Waals surface area contributed by atoms with Crippen molar-refractivity contribution in [3.63, 3.8) is 0 Å². The molecule has 1 fully saturated rings. The van der Waals surface area contributed by atoms with Gasteiger partial charge in [-0.05, 0) is 30.5 Å². The minimum absolute atomic E-state index is 0.223. The van der Waals surface area contributed by atoms with Gasteiger partial charge in [0.15, 0.2) is 0 Å². The number of carboxylic acid groups (broad SMARTS) is 1. The maximum absolute atomic E-state index is 11.0. The first-order valence-electron chi connectivity index (χ1n) is 6.90. The van der Waals surface area contributed by atoms with Crippen molar-refractivity contribution in [2.75, 3.05) is 26.2 Å². The molecule has 1 aliphatic rings. The van der Waals surface area contributed by atoms with Gasteiger partial charge in [-0.1, -0.05) is 24.6 Å². The minimum atomic E-state index is -0.685. The lowest BCUT2D eigenvalue weighted by Crippen LogP contribution is -2.25. The zero-order valence-corrected chi connectivity index (χ0v) is 12.3. The topological polar surface area (TPSA) is 49.8 Å². The van der Waals surface area contributed by atoms with Gasteiger partial charge in [0.2, 0.25) is 0 Å². The van der Waals surface area contributed by atoms with Gasteiger partial charge in [-0.25, -0.2) is 0 Å². The van der Waals surface area contributed by atoms with Crippen LogP contribution >= 0.6 is 11.6 Å². The number of ether oxygens (including phenoxy) is 1. The van der Waals surface area contributed by atoms with Crippen LogP contribution < -0.4 is 4.74 Å². The molecule has 0 aliphatic carbocycles. The van der Waals surface area contributed by atoms with Gasteiger partial charge in [-0.15, -0.1) is 0 Å². The van der Waals surface area contributed by atoms with Crippen molar-refractivity contribution in [1.82, 2.24) is 4.90 Å². The van der Waals surface area contributed by atoms with Crippen LogP contribution in [0.5, 0.6) is 5.75 Å². The first-order chi connectivity index (χ1) is 9.56. The smallest absolute Gasteiger partial charge is 0.308 e. The summed E-state index contributed by atoms with van der Waals surface area (Å²) in [5.41, 5.74) is 0. The summed E-state index contributed by atoms with van der Waals surface area (Å²) in [6, 6.07) is 7.34. The maximum Gasteiger partial charge on any atom is 0.308 e. The Morgan fingerprint density at radius 2 is 2.30 bits per heavy atom. The SMILES string of the molecule is C[C@@H]1CN(CCCOc2cccc(Cl)c2)C[C@H]1C(=O)O. The predicted molar refractivity (Wildman–Crippen MR) is 78.3 cm³/mol. The average molecular weight is 298 g/mol. The van der Waals surface area contributed by atoms with E-state index in [0.717, 1.165) is 25.3 Å². The molecule has 0 aromatic heterocycles. The normalized spacial score (nSPS) is 22.9. The molecule has 1 heterocycles. The summed E-state index contributed by atoms with van der Waals surface area (Å²) >= 11 is 5.88. The lowest BCUT2D eigenvalue weighted by atomic mass is 9.99. The van der Waals surface area contributed by atoms with Crippen LogP contribution in [-0.4, -0.2) is 42.2 Å². The molecule has 0 spiro atoms. The molecule has 2 atom stereocenters. The molecule has 20 heavy (non-hydrogen) atoms. The van der Waals surface area contributed by atoms with Crippen molar-refractivity contribution < 1.29 is 14.6 Å². The van der Waals surface area contributed by atoms with Crippen LogP contribution in [0.2, 0.25) is 5.02 Å². The van der Waals surface area contributed by atoms with Gasteiger partial charge in [-0.3, -0.25) is 4.79 Å². The number of nitrogens with zero attached hydrogens (tertiary/aromatic N) is 1. The van der Waals surface area contributed by atoms with Crippen molar-refractivity contribution >= 4 is 17.6 Å². The van der Waals surface area contributed by atoms with Gasteiger partial charge >= 0.3 is 5.97 Å². The van der Waals surface area contributed by atoms with E-state index in [1.165, 1.54) is 0 Å². The van der Waals surface area contributed by atoms with Gasteiger partial charge in [0.05, 0.1) is 12.5 Å². The highest BCUT2D eigenvalue weighted by atomic mass is 35.5. The monoisotopic (exact) mass is 297 g/mol. The second-order valence-electron chi connectivity index (χ2n) is 5.34. The van der Waals surface area contributed by atoms with Crippen molar-refractivity contribution in [1.29, 1.82) is 0 Å². The molecule has 1 aliphatic heterocycles. The third-order valence-electron chi connectivity index (χ3n) is 3.69. The second kappa shape index (κ2) is 6.95. The van der Waals surface area contributed by atoms with Gasteiger partial charge in [-0.2, -0.15) is 0 Å². The van der Waals surface area contributed by atoms with Gasteiger partial charge in [0.1, 0.15) is 5.75 Å². The van der Waals surface area contributed by atoms with E-state index in [1.54, 1.807) is 6.07 Å². The van der Waals surface area contributed by atoms with Crippen molar-refractivity contribution in [2.24, 2.45) is 11.8 Å². The van der Waals surface area contributed by atoms with Crippen LogP contribution in [0.25, 0.3) is 0 Å². The zero-order valence-electron chi connectivity index (χ0n) is 11.6. The standard InChI is InChI=1S/C15H20ClNO3/c1-11-9-17(10-14(11)15(18)19)6-3-7-20-13-5-2-4-12(16)8-13/h2,4-5,8,11,14H,3,6-7,9-10H2,1H3,(H,18,19)/t11-,14-/m1/s1. The van der Waals surface area contributed by atoms with E-state index in [9.17, 15) is 4.79 Å². The summed E-state index contributed by atoms with van der Waals surface area (Å²) in [7, 11) is 0. The third kappa shape index (κ3) is 4.12. The lowest BCUT2D eigenvalue weighted by Gasteiger charge is -2.15. The average Bonchev–Trinajstić information content (AvgIpc) is 2.76. The Labute approximate surface area is 124 Å². The summed E-state index contributed by atoms with van der Waals surface area (Å²) in [5, 5.41) is 9.75. The third-order valence-corrected chi connectivity index (χ3v) is 3.92.